The van der Waals surface area contributed by atoms with Crippen LogP contribution < -0.4 is 5.32 Å². The monoisotopic (exact) mass is 298 g/mol. The minimum Gasteiger partial charge on any atom is -0.313 e. The summed E-state index contributed by atoms with van der Waals surface area (Å²) in [5, 5.41) is 3.20. The fourth-order valence-electron chi connectivity index (χ4n) is 2.69. The summed E-state index contributed by atoms with van der Waals surface area (Å²) in [5.41, 5.74) is 0.719. The van der Waals surface area contributed by atoms with E-state index < -0.39 is 10.0 Å². The molecular formula is C14H19FN2O2S. The summed E-state index contributed by atoms with van der Waals surface area (Å²) in [6, 6.07) is 5.93. The molecule has 2 aliphatic rings. The van der Waals surface area contributed by atoms with Crippen LogP contribution in [0.25, 0.3) is 0 Å². The van der Waals surface area contributed by atoms with Crippen molar-refractivity contribution < 1.29 is 12.8 Å². The van der Waals surface area contributed by atoms with Crippen LogP contribution in [-0.2, 0) is 10.0 Å². The maximum atomic E-state index is 13.4. The van der Waals surface area contributed by atoms with E-state index in [0.717, 1.165) is 18.4 Å². The molecule has 0 bridgehead atoms. The maximum Gasteiger partial charge on any atom is 0.215 e. The molecule has 1 aliphatic heterocycles. The number of sulfonamides is 1. The molecule has 0 radical (unpaired) electrons. The lowest BCUT2D eigenvalue weighted by Crippen LogP contribution is -2.49. The second-order valence-electron chi connectivity index (χ2n) is 5.61. The third kappa shape index (κ3) is 3.02. The minimum atomic E-state index is -3.26. The highest BCUT2D eigenvalue weighted by atomic mass is 32.2. The van der Waals surface area contributed by atoms with Gasteiger partial charge in [-0.15, -0.1) is 0 Å². The number of hydrogen-bond donors (Lipinski definition) is 1. The van der Waals surface area contributed by atoms with Crippen LogP contribution >= 0.6 is 0 Å². The number of piperazine rings is 1. The Balaban J connectivity index is 1.86. The van der Waals surface area contributed by atoms with Crippen LogP contribution in [0.3, 0.4) is 0 Å². The van der Waals surface area contributed by atoms with Crippen molar-refractivity contribution in [2.24, 2.45) is 5.92 Å². The molecule has 1 saturated heterocycles. The predicted octanol–water partition coefficient (Wildman–Crippen LogP) is 1.51. The first kappa shape index (κ1) is 14.0. The second kappa shape index (κ2) is 5.42. The zero-order valence-corrected chi connectivity index (χ0v) is 12.1. The van der Waals surface area contributed by atoms with Gasteiger partial charge in [0.1, 0.15) is 5.82 Å². The van der Waals surface area contributed by atoms with Gasteiger partial charge in [0.05, 0.1) is 11.8 Å². The van der Waals surface area contributed by atoms with Gasteiger partial charge in [-0.05, 0) is 36.5 Å². The average molecular weight is 298 g/mol. The highest BCUT2D eigenvalue weighted by molar-refractivity contribution is 7.89. The lowest BCUT2D eigenvalue weighted by atomic mass is 10.1. The van der Waals surface area contributed by atoms with E-state index in [1.165, 1.54) is 12.1 Å². The van der Waals surface area contributed by atoms with E-state index in [1.807, 2.05) is 0 Å². The number of nitrogens with zero attached hydrogens (tertiary/aromatic N) is 1. The lowest BCUT2D eigenvalue weighted by molar-refractivity contribution is 0.270. The van der Waals surface area contributed by atoms with Gasteiger partial charge in [-0.25, -0.2) is 12.8 Å². The van der Waals surface area contributed by atoms with Crippen LogP contribution in [0, 0.1) is 11.7 Å². The molecule has 20 heavy (non-hydrogen) atoms. The molecule has 110 valence electrons. The first-order valence-corrected chi connectivity index (χ1v) is 8.63. The number of rotatable bonds is 4. The van der Waals surface area contributed by atoms with E-state index in [0.29, 0.717) is 25.6 Å². The Bertz CT molecular complexity index is 587. The molecule has 1 unspecified atom stereocenters. The van der Waals surface area contributed by atoms with Crippen molar-refractivity contribution >= 4 is 10.0 Å². The standard InChI is InChI=1S/C14H19FN2O2S/c15-13-3-1-2-12(8-13)14-9-16-6-7-17(14)20(18,19)10-11-4-5-11/h1-3,8,11,14,16H,4-7,9-10H2. The molecule has 4 nitrogen and oxygen atoms in total. The van der Waals surface area contributed by atoms with Crippen molar-refractivity contribution in [1.82, 2.24) is 9.62 Å². The van der Waals surface area contributed by atoms with Crippen molar-refractivity contribution in [3.8, 4) is 0 Å². The summed E-state index contributed by atoms with van der Waals surface area (Å²) in [6.07, 6.45) is 2.02. The van der Waals surface area contributed by atoms with Gasteiger partial charge >= 0.3 is 0 Å². The molecule has 6 heteroatoms. The highest BCUT2D eigenvalue weighted by Gasteiger charge is 2.37. The quantitative estimate of drug-likeness (QED) is 0.917. The number of halogens is 1. The first-order valence-electron chi connectivity index (χ1n) is 7.02. The summed E-state index contributed by atoms with van der Waals surface area (Å²) in [5.74, 6) is 0.231. The van der Waals surface area contributed by atoms with Crippen LogP contribution in [0.15, 0.2) is 24.3 Å². The van der Waals surface area contributed by atoms with Crippen LogP contribution in [0.5, 0.6) is 0 Å². The van der Waals surface area contributed by atoms with Crippen molar-refractivity contribution in [3.63, 3.8) is 0 Å². The fraction of sp³-hybridized carbons (Fsp3) is 0.571. The molecule has 2 fully saturated rings. The van der Waals surface area contributed by atoms with Gasteiger partial charge in [0.15, 0.2) is 0 Å². The van der Waals surface area contributed by atoms with E-state index in [9.17, 15) is 12.8 Å². The number of benzene rings is 1. The zero-order chi connectivity index (χ0) is 14.2. The van der Waals surface area contributed by atoms with Crippen LogP contribution in [0.2, 0.25) is 0 Å². The van der Waals surface area contributed by atoms with Gasteiger partial charge < -0.3 is 5.32 Å². The molecule has 1 heterocycles. The van der Waals surface area contributed by atoms with Gasteiger partial charge in [0.25, 0.3) is 0 Å². The Morgan fingerprint density at radius 2 is 2.15 bits per heavy atom. The molecule has 3 rings (SSSR count). The summed E-state index contributed by atoms with van der Waals surface area (Å²) in [4.78, 5) is 0. The Morgan fingerprint density at radius 1 is 1.35 bits per heavy atom. The van der Waals surface area contributed by atoms with Gasteiger partial charge in [0, 0.05) is 19.6 Å². The molecule has 0 spiro atoms. The number of hydrogen-bond acceptors (Lipinski definition) is 3. The Kier molecular flexibility index (Phi) is 3.79. The molecule has 1 aliphatic carbocycles. The first-order chi connectivity index (χ1) is 9.56. The van der Waals surface area contributed by atoms with Crippen LogP contribution in [0.1, 0.15) is 24.4 Å². The lowest BCUT2D eigenvalue weighted by Gasteiger charge is -2.35. The highest BCUT2D eigenvalue weighted by Crippen LogP contribution is 2.34. The van der Waals surface area contributed by atoms with Gasteiger partial charge in [0.2, 0.25) is 10.0 Å². The van der Waals surface area contributed by atoms with Crippen LogP contribution in [-0.4, -0.2) is 38.1 Å². The summed E-state index contributed by atoms with van der Waals surface area (Å²) < 4.78 is 39.9. The Labute approximate surface area is 119 Å². The van der Waals surface area contributed by atoms with E-state index in [4.69, 9.17) is 0 Å². The van der Waals surface area contributed by atoms with E-state index in [1.54, 1.807) is 16.4 Å². The summed E-state index contributed by atoms with van der Waals surface area (Å²) in [6.45, 7) is 1.64. The van der Waals surface area contributed by atoms with Crippen molar-refractivity contribution in [2.45, 2.75) is 18.9 Å². The average Bonchev–Trinajstić information content (AvgIpc) is 3.22. The predicted molar refractivity (Wildman–Crippen MR) is 75.2 cm³/mol. The third-order valence-corrected chi connectivity index (χ3v) is 5.97. The molecule has 1 atom stereocenters. The fourth-order valence-corrected chi connectivity index (χ4v) is 4.77. The molecular weight excluding hydrogens is 279 g/mol. The van der Waals surface area contributed by atoms with Gasteiger partial charge in [-0.1, -0.05) is 12.1 Å². The summed E-state index contributed by atoms with van der Waals surface area (Å²) in [7, 11) is -3.26. The van der Waals surface area contributed by atoms with E-state index in [2.05, 4.69) is 5.32 Å². The molecule has 1 N–H and O–H groups in total. The Hall–Kier alpha value is -0.980. The SMILES string of the molecule is O=S(=O)(CC1CC1)N1CCNCC1c1cccc(F)c1. The van der Waals surface area contributed by atoms with E-state index >= 15 is 0 Å². The molecule has 1 aromatic rings. The number of nitrogens with one attached hydrogen (secondary N) is 1. The van der Waals surface area contributed by atoms with Crippen LogP contribution in [0.4, 0.5) is 4.39 Å². The van der Waals surface area contributed by atoms with Gasteiger partial charge in [-0.3, -0.25) is 0 Å². The van der Waals surface area contributed by atoms with Crippen molar-refractivity contribution in [1.29, 1.82) is 0 Å². The largest absolute Gasteiger partial charge is 0.313 e. The molecule has 1 saturated carbocycles. The Morgan fingerprint density at radius 3 is 2.85 bits per heavy atom. The van der Waals surface area contributed by atoms with Crippen molar-refractivity contribution in [2.75, 3.05) is 25.4 Å². The van der Waals surface area contributed by atoms with E-state index in [-0.39, 0.29) is 17.6 Å². The third-order valence-electron chi connectivity index (χ3n) is 3.93. The molecule has 0 aromatic heterocycles. The minimum absolute atomic E-state index is 0.235. The second-order valence-corrected chi connectivity index (χ2v) is 7.57. The maximum absolute atomic E-state index is 13.4. The smallest absolute Gasteiger partial charge is 0.215 e. The van der Waals surface area contributed by atoms with Gasteiger partial charge in [-0.2, -0.15) is 4.31 Å². The van der Waals surface area contributed by atoms with Crippen molar-refractivity contribution in [3.05, 3.63) is 35.6 Å². The molecule has 0 amide bonds. The summed E-state index contributed by atoms with van der Waals surface area (Å²) >= 11 is 0. The zero-order valence-electron chi connectivity index (χ0n) is 11.3. The molecule has 1 aromatic carbocycles. The normalized spacial score (nSPS) is 24.8. The topological polar surface area (TPSA) is 49.4 Å².